The number of nitrogens with zero attached hydrogens (tertiary/aromatic N) is 4. The van der Waals surface area contributed by atoms with Gasteiger partial charge in [0.15, 0.2) is 0 Å². The smallest absolute Gasteiger partial charge is 0.313 e. The number of fused-ring (bicyclic) bond motifs is 1. The molecule has 160 valence electrons. The Kier molecular flexibility index (Phi) is 5.41. The lowest BCUT2D eigenvalue weighted by Gasteiger charge is -2.38. The molecule has 31 heavy (non-hydrogen) atoms. The van der Waals surface area contributed by atoms with E-state index in [-0.39, 0.29) is 23.2 Å². The summed E-state index contributed by atoms with van der Waals surface area (Å²) in [4.78, 5) is 42.7. The quantitative estimate of drug-likeness (QED) is 0.628. The third kappa shape index (κ3) is 4.11. The SMILES string of the molecule is C[C@@H]1CC[C@@H](c2ccc3cnn(C)c3c2)N(C(=O)C(=O)Nc2cncc(C(N)=O)c2)C1. The van der Waals surface area contributed by atoms with Crippen LogP contribution in [0.15, 0.2) is 42.9 Å². The monoisotopic (exact) mass is 420 g/mol. The largest absolute Gasteiger partial charge is 0.366 e. The van der Waals surface area contributed by atoms with Crippen molar-refractivity contribution in [3.63, 3.8) is 0 Å². The molecule has 1 fully saturated rings. The van der Waals surface area contributed by atoms with Crippen molar-refractivity contribution >= 4 is 34.3 Å². The van der Waals surface area contributed by atoms with E-state index in [1.54, 1.807) is 15.8 Å². The fourth-order valence-corrected chi connectivity index (χ4v) is 4.05. The van der Waals surface area contributed by atoms with Gasteiger partial charge in [0.25, 0.3) is 0 Å². The number of pyridine rings is 1. The van der Waals surface area contributed by atoms with Gasteiger partial charge in [0, 0.05) is 25.2 Å². The maximum Gasteiger partial charge on any atom is 0.313 e. The first-order valence-electron chi connectivity index (χ1n) is 10.1. The molecule has 1 aliphatic rings. The summed E-state index contributed by atoms with van der Waals surface area (Å²) in [6.07, 6.45) is 6.19. The minimum absolute atomic E-state index is 0.152. The number of aryl methyl sites for hydroxylation is 1. The second kappa shape index (κ2) is 8.17. The Hall–Kier alpha value is -3.75. The molecule has 0 radical (unpaired) electrons. The van der Waals surface area contributed by atoms with Crippen LogP contribution in [0.1, 0.15) is 41.7 Å². The van der Waals surface area contributed by atoms with Crippen molar-refractivity contribution in [2.45, 2.75) is 25.8 Å². The standard InChI is InChI=1S/C22H24N6O3/c1-13-3-6-18(14-4-5-15-10-25-27(2)19(15)8-14)28(12-13)22(31)21(30)26-17-7-16(20(23)29)9-24-11-17/h4-5,7-11,13,18H,3,6,12H2,1-2H3,(H2,23,29)(H,26,30)/t13-,18+/m1/s1. The van der Waals surface area contributed by atoms with Crippen molar-refractivity contribution in [3.05, 3.63) is 54.0 Å². The molecule has 0 unspecified atom stereocenters. The number of nitrogens with two attached hydrogens (primary N) is 1. The van der Waals surface area contributed by atoms with Crippen LogP contribution in [0.25, 0.3) is 10.9 Å². The van der Waals surface area contributed by atoms with Crippen LogP contribution in [0, 0.1) is 5.92 Å². The van der Waals surface area contributed by atoms with Crippen LogP contribution in [0.2, 0.25) is 0 Å². The normalized spacial score (nSPS) is 18.7. The van der Waals surface area contributed by atoms with Gasteiger partial charge in [-0.3, -0.25) is 24.0 Å². The number of rotatable bonds is 3. The van der Waals surface area contributed by atoms with E-state index in [0.717, 1.165) is 29.3 Å². The van der Waals surface area contributed by atoms with Crippen LogP contribution in [0.3, 0.4) is 0 Å². The van der Waals surface area contributed by atoms with Crippen molar-refractivity contribution in [2.75, 3.05) is 11.9 Å². The first-order valence-corrected chi connectivity index (χ1v) is 10.1. The summed E-state index contributed by atoms with van der Waals surface area (Å²) in [5.74, 6) is -1.77. The van der Waals surface area contributed by atoms with Gasteiger partial charge in [0.05, 0.1) is 35.2 Å². The Labute approximate surface area is 179 Å². The molecule has 1 aromatic carbocycles. The molecule has 0 saturated carbocycles. The van der Waals surface area contributed by atoms with E-state index < -0.39 is 17.7 Å². The average molecular weight is 420 g/mol. The zero-order valence-electron chi connectivity index (χ0n) is 17.4. The van der Waals surface area contributed by atoms with E-state index in [4.69, 9.17) is 5.73 Å². The summed E-state index contributed by atoms with van der Waals surface area (Å²) >= 11 is 0. The number of carbonyl (C=O) groups excluding carboxylic acids is 3. The van der Waals surface area contributed by atoms with Crippen molar-refractivity contribution < 1.29 is 14.4 Å². The average Bonchev–Trinajstić information content (AvgIpc) is 3.13. The van der Waals surface area contributed by atoms with Gasteiger partial charge in [-0.15, -0.1) is 0 Å². The number of aromatic nitrogens is 3. The Balaban J connectivity index is 1.58. The van der Waals surface area contributed by atoms with E-state index >= 15 is 0 Å². The van der Waals surface area contributed by atoms with Crippen LogP contribution in [0.4, 0.5) is 5.69 Å². The molecule has 3 N–H and O–H groups in total. The Morgan fingerprint density at radius 3 is 2.71 bits per heavy atom. The molecule has 2 atom stereocenters. The lowest BCUT2D eigenvalue weighted by atomic mass is 9.89. The highest BCUT2D eigenvalue weighted by Crippen LogP contribution is 2.34. The van der Waals surface area contributed by atoms with Gasteiger partial charge in [-0.25, -0.2) is 0 Å². The summed E-state index contributed by atoms with van der Waals surface area (Å²) in [5.41, 5.74) is 7.60. The zero-order valence-corrected chi connectivity index (χ0v) is 17.4. The van der Waals surface area contributed by atoms with Crippen molar-refractivity contribution in [1.82, 2.24) is 19.7 Å². The highest BCUT2D eigenvalue weighted by molar-refractivity contribution is 6.39. The molecule has 3 aromatic rings. The van der Waals surface area contributed by atoms with E-state index in [2.05, 4.69) is 22.3 Å². The van der Waals surface area contributed by atoms with Crippen LogP contribution in [0.5, 0.6) is 0 Å². The number of primary amides is 1. The third-order valence-corrected chi connectivity index (χ3v) is 5.71. The second-order valence-electron chi connectivity index (χ2n) is 8.02. The maximum atomic E-state index is 13.1. The molecule has 0 aliphatic carbocycles. The van der Waals surface area contributed by atoms with Gasteiger partial charge in [-0.2, -0.15) is 5.10 Å². The predicted octanol–water partition coefficient (Wildman–Crippen LogP) is 2.01. The van der Waals surface area contributed by atoms with E-state index in [1.807, 2.05) is 25.2 Å². The summed E-state index contributed by atoms with van der Waals surface area (Å²) in [5, 5.41) is 7.84. The molecule has 1 aliphatic heterocycles. The Bertz CT molecular complexity index is 1170. The fourth-order valence-electron chi connectivity index (χ4n) is 4.05. The summed E-state index contributed by atoms with van der Waals surface area (Å²) < 4.78 is 1.79. The zero-order chi connectivity index (χ0) is 22.1. The number of nitrogens with one attached hydrogen (secondary N) is 1. The molecule has 1 saturated heterocycles. The Morgan fingerprint density at radius 1 is 1.13 bits per heavy atom. The highest BCUT2D eigenvalue weighted by Gasteiger charge is 2.34. The van der Waals surface area contributed by atoms with Crippen molar-refractivity contribution in [3.8, 4) is 0 Å². The molecule has 0 bridgehead atoms. The summed E-state index contributed by atoms with van der Waals surface area (Å²) in [6, 6.07) is 7.20. The topological polar surface area (TPSA) is 123 Å². The van der Waals surface area contributed by atoms with Crippen LogP contribution in [-0.2, 0) is 16.6 Å². The number of anilines is 1. The molecular formula is C22H24N6O3. The lowest BCUT2D eigenvalue weighted by Crippen LogP contribution is -2.46. The Morgan fingerprint density at radius 2 is 1.94 bits per heavy atom. The third-order valence-electron chi connectivity index (χ3n) is 5.71. The highest BCUT2D eigenvalue weighted by atomic mass is 16.2. The summed E-state index contributed by atoms with van der Waals surface area (Å²) in [6.45, 7) is 2.55. The van der Waals surface area contributed by atoms with E-state index in [1.165, 1.54) is 18.5 Å². The first-order chi connectivity index (χ1) is 14.8. The van der Waals surface area contributed by atoms with E-state index in [9.17, 15) is 14.4 Å². The number of hydrogen-bond acceptors (Lipinski definition) is 5. The van der Waals surface area contributed by atoms with Gasteiger partial charge in [0.2, 0.25) is 5.91 Å². The van der Waals surface area contributed by atoms with Crippen LogP contribution < -0.4 is 11.1 Å². The number of piperidine rings is 1. The van der Waals surface area contributed by atoms with Crippen LogP contribution >= 0.6 is 0 Å². The number of likely N-dealkylation sites (tertiary alicyclic amines) is 1. The van der Waals surface area contributed by atoms with E-state index in [0.29, 0.717) is 6.54 Å². The number of hydrogen-bond donors (Lipinski definition) is 2. The molecule has 9 heteroatoms. The second-order valence-corrected chi connectivity index (χ2v) is 8.02. The molecule has 9 nitrogen and oxygen atoms in total. The number of amides is 3. The first kappa shape index (κ1) is 20.5. The molecule has 4 rings (SSSR count). The van der Waals surface area contributed by atoms with Gasteiger partial charge in [-0.05, 0) is 36.5 Å². The van der Waals surface area contributed by atoms with Crippen LogP contribution in [-0.4, -0.2) is 43.9 Å². The van der Waals surface area contributed by atoms with Gasteiger partial charge in [0.1, 0.15) is 0 Å². The molecular weight excluding hydrogens is 396 g/mol. The van der Waals surface area contributed by atoms with Gasteiger partial charge in [-0.1, -0.05) is 19.1 Å². The minimum atomic E-state index is -0.774. The molecule has 0 spiro atoms. The fraction of sp³-hybridized carbons (Fsp3) is 0.318. The van der Waals surface area contributed by atoms with Gasteiger partial charge >= 0.3 is 11.8 Å². The summed E-state index contributed by atoms with van der Waals surface area (Å²) in [7, 11) is 1.87. The molecule has 2 aromatic heterocycles. The number of carbonyl (C=O) groups is 3. The van der Waals surface area contributed by atoms with Crippen molar-refractivity contribution in [1.29, 1.82) is 0 Å². The lowest BCUT2D eigenvalue weighted by molar-refractivity contribution is -0.146. The minimum Gasteiger partial charge on any atom is -0.366 e. The maximum absolute atomic E-state index is 13.1. The predicted molar refractivity (Wildman–Crippen MR) is 115 cm³/mol. The van der Waals surface area contributed by atoms with Gasteiger partial charge < -0.3 is 16.0 Å². The molecule has 3 amide bonds. The molecule has 3 heterocycles. The number of benzene rings is 1. The van der Waals surface area contributed by atoms with Crippen molar-refractivity contribution in [2.24, 2.45) is 18.7 Å².